The summed E-state index contributed by atoms with van der Waals surface area (Å²) in [4.78, 5) is 33.4. The molecular formula is C10H13N3O4. The molecule has 0 aliphatic carbocycles. The third kappa shape index (κ3) is 3.13. The molecule has 1 rings (SSSR count). The van der Waals surface area contributed by atoms with E-state index < -0.39 is 17.9 Å². The zero-order valence-electron chi connectivity index (χ0n) is 9.51. The molecule has 0 aliphatic rings. The van der Waals surface area contributed by atoms with Crippen LogP contribution in [0.1, 0.15) is 23.8 Å². The molecule has 0 bridgehead atoms. The average Bonchev–Trinajstić information content (AvgIpc) is 2.28. The van der Waals surface area contributed by atoms with Crippen molar-refractivity contribution in [3.05, 3.63) is 28.2 Å². The lowest BCUT2D eigenvalue weighted by atomic mass is 10.2. The summed E-state index contributed by atoms with van der Waals surface area (Å²) in [6.07, 6.45) is 0.271. The van der Waals surface area contributed by atoms with Crippen LogP contribution in [0.4, 0.5) is 0 Å². The minimum atomic E-state index is -1.11. The first-order valence-corrected chi connectivity index (χ1v) is 5.03. The van der Waals surface area contributed by atoms with Crippen LogP contribution in [0.15, 0.2) is 16.9 Å². The molecule has 0 aliphatic heterocycles. The first-order chi connectivity index (χ1) is 7.95. The number of carbonyl (C=O) groups is 2. The molecule has 7 nitrogen and oxygen atoms in total. The molecule has 1 aromatic rings. The highest BCUT2D eigenvalue weighted by molar-refractivity contribution is 5.94. The molecule has 1 aromatic heterocycles. The Balaban J connectivity index is 2.86. The van der Waals surface area contributed by atoms with E-state index in [1.165, 1.54) is 19.2 Å². The van der Waals surface area contributed by atoms with Crippen molar-refractivity contribution in [3.8, 4) is 0 Å². The van der Waals surface area contributed by atoms with Gasteiger partial charge in [0, 0.05) is 13.1 Å². The maximum atomic E-state index is 11.6. The summed E-state index contributed by atoms with van der Waals surface area (Å²) in [5.74, 6) is -1.72. The van der Waals surface area contributed by atoms with Gasteiger partial charge in [0.2, 0.25) is 0 Å². The summed E-state index contributed by atoms with van der Waals surface area (Å²) in [7, 11) is 1.41. The molecule has 0 aromatic carbocycles. The van der Waals surface area contributed by atoms with E-state index >= 15 is 0 Å². The van der Waals surface area contributed by atoms with Crippen LogP contribution >= 0.6 is 0 Å². The number of aliphatic carboxylic acids is 1. The molecule has 0 saturated heterocycles. The van der Waals surface area contributed by atoms with E-state index in [0.29, 0.717) is 0 Å². The van der Waals surface area contributed by atoms with Gasteiger partial charge < -0.3 is 10.4 Å². The van der Waals surface area contributed by atoms with Gasteiger partial charge in [-0.3, -0.25) is 9.59 Å². The second kappa shape index (κ2) is 5.24. The highest BCUT2D eigenvalue weighted by Crippen LogP contribution is 1.95. The normalized spacial score (nSPS) is 11.9. The van der Waals surface area contributed by atoms with Crippen LogP contribution in [0.5, 0.6) is 0 Å². The molecule has 92 valence electrons. The number of nitrogens with one attached hydrogen (secondary N) is 1. The number of carboxylic acids is 1. The van der Waals surface area contributed by atoms with Crippen molar-refractivity contribution in [2.45, 2.75) is 19.4 Å². The number of aryl methyl sites for hydroxylation is 1. The van der Waals surface area contributed by atoms with Gasteiger partial charge in [-0.05, 0) is 12.5 Å². The molecule has 0 fully saturated rings. The topological polar surface area (TPSA) is 101 Å². The van der Waals surface area contributed by atoms with Gasteiger partial charge in [-0.2, -0.15) is 5.10 Å². The Kier molecular flexibility index (Phi) is 3.97. The van der Waals surface area contributed by atoms with Crippen LogP contribution in [0, 0.1) is 0 Å². The third-order valence-electron chi connectivity index (χ3n) is 2.20. The molecule has 2 N–H and O–H groups in total. The third-order valence-corrected chi connectivity index (χ3v) is 2.20. The minimum absolute atomic E-state index is 0.00630. The number of rotatable bonds is 4. The van der Waals surface area contributed by atoms with Crippen molar-refractivity contribution >= 4 is 11.9 Å². The van der Waals surface area contributed by atoms with Crippen LogP contribution in [0.3, 0.4) is 0 Å². The van der Waals surface area contributed by atoms with E-state index in [2.05, 4.69) is 10.4 Å². The van der Waals surface area contributed by atoms with Crippen LogP contribution in [-0.4, -0.2) is 32.8 Å². The summed E-state index contributed by atoms with van der Waals surface area (Å²) in [5.41, 5.74) is -0.335. The Hall–Kier alpha value is -2.18. The first-order valence-electron chi connectivity index (χ1n) is 5.03. The van der Waals surface area contributed by atoms with Gasteiger partial charge in [0.05, 0.1) is 0 Å². The lowest BCUT2D eigenvalue weighted by Crippen LogP contribution is -2.41. The first kappa shape index (κ1) is 12.9. The quantitative estimate of drug-likeness (QED) is 0.728. The van der Waals surface area contributed by atoms with Crippen molar-refractivity contribution < 1.29 is 14.7 Å². The lowest BCUT2D eigenvalue weighted by Gasteiger charge is -2.11. The summed E-state index contributed by atoms with van der Waals surface area (Å²) in [6.45, 7) is 1.65. The van der Waals surface area contributed by atoms with Crippen LogP contribution < -0.4 is 10.9 Å². The van der Waals surface area contributed by atoms with Crippen LogP contribution in [-0.2, 0) is 11.8 Å². The zero-order valence-corrected chi connectivity index (χ0v) is 9.51. The van der Waals surface area contributed by atoms with Gasteiger partial charge >= 0.3 is 5.97 Å². The van der Waals surface area contributed by atoms with Gasteiger partial charge in [-0.25, -0.2) is 9.48 Å². The fourth-order valence-electron chi connectivity index (χ4n) is 1.19. The fourth-order valence-corrected chi connectivity index (χ4v) is 1.19. The second-order valence-electron chi connectivity index (χ2n) is 3.45. The highest BCUT2D eigenvalue weighted by Gasteiger charge is 2.19. The molecule has 1 atom stereocenters. The van der Waals surface area contributed by atoms with Crippen molar-refractivity contribution in [1.82, 2.24) is 15.1 Å². The second-order valence-corrected chi connectivity index (χ2v) is 3.45. The number of nitrogens with zero attached hydrogens (tertiary/aromatic N) is 2. The predicted octanol–water partition coefficient (Wildman–Crippen LogP) is -0.627. The van der Waals surface area contributed by atoms with E-state index in [9.17, 15) is 14.4 Å². The number of hydrogen-bond donors (Lipinski definition) is 2. The minimum Gasteiger partial charge on any atom is -0.480 e. The average molecular weight is 239 g/mol. The van der Waals surface area contributed by atoms with Gasteiger partial charge in [0.1, 0.15) is 11.7 Å². The molecule has 1 heterocycles. The van der Waals surface area contributed by atoms with Gasteiger partial charge in [-0.1, -0.05) is 6.92 Å². The standard InChI is InChI=1S/C10H13N3O4/c1-3-6(10(16)17)11-9(15)7-4-5-8(14)13(2)12-7/h4-6H,3H2,1-2H3,(H,11,15)(H,16,17). The Morgan fingerprint density at radius 1 is 1.53 bits per heavy atom. The largest absolute Gasteiger partial charge is 0.480 e. The molecular weight excluding hydrogens is 226 g/mol. The summed E-state index contributed by atoms with van der Waals surface area (Å²) in [5, 5.41) is 14.8. The van der Waals surface area contributed by atoms with Crippen LogP contribution in [0.25, 0.3) is 0 Å². The molecule has 7 heteroatoms. The van der Waals surface area contributed by atoms with E-state index in [0.717, 1.165) is 4.68 Å². The Morgan fingerprint density at radius 3 is 2.65 bits per heavy atom. The van der Waals surface area contributed by atoms with Crippen molar-refractivity contribution in [2.75, 3.05) is 0 Å². The summed E-state index contributed by atoms with van der Waals surface area (Å²) in [6, 6.07) is 1.50. The Labute approximate surface area is 97.1 Å². The molecule has 0 saturated carbocycles. The highest BCUT2D eigenvalue weighted by atomic mass is 16.4. The van der Waals surface area contributed by atoms with E-state index in [-0.39, 0.29) is 17.7 Å². The van der Waals surface area contributed by atoms with Gasteiger partial charge in [0.15, 0.2) is 0 Å². The Bertz CT molecular complexity index is 495. The van der Waals surface area contributed by atoms with Crippen molar-refractivity contribution in [1.29, 1.82) is 0 Å². The molecule has 17 heavy (non-hydrogen) atoms. The maximum Gasteiger partial charge on any atom is 0.326 e. The van der Waals surface area contributed by atoms with Gasteiger partial charge in [-0.15, -0.1) is 0 Å². The smallest absolute Gasteiger partial charge is 0.326 e. The molecule has 0 radical (unpaired) electrons. The number of amides is 1. The van der Waals surface area contributed by atoms with E-state index in [1.807, 2.05) is 0 Å². The maximum absolute atomic E-state index is 11.6. The van der Waals surface area contributed by atoms with Crippen LogP contribution in [0.2, 0.25) is 0 Å². The summed E-state index contributed by atoms with van der Waals surface area (Å²) >= 11 is 0. The van der Waals surface area contributed by atoms with Crippen molar-refractivity contribution in [3.63, 3.8) is 0 Å². The SMILES string of the molecule is CCC(NC(=O)c1ccc(=O)n(C)n1)C(=O)O. The zero-order chi connectivity index (χ0) is 13.0. The van der Waals surface area contributed by atoms with E-state index in [1.54, 1.807) is 6.92 Å². The lowest BCUT2D eigenvalue weighted by molar-refractivity contribution is -0.139. The monoisotopic (exact) mass is 239 g/mol. The van der Waals surface area contributed by atoms with E-state index in [4.69, 9.17) is 5.11 Å². The Morgan fingerprint density at radius 2 is 2.18 bits per heavy atom. The summed E-state index contributed by atoms with van der Waals surface area (Å²) < 4.78 is 1.01. The number of hydrogen-bond acceptors (Lipinski definition) is 4. The molecule has 1 unspecified atom stereocenters. The van der Waals surface area contributed by atoms with Crippen molar-refractivity contribution in [2.24, 2.45) is 7.05 Å². The number of carboxylic acid groups (broad SMARTS) is 1. The fraction of sp³-hybridized carbons (Fsp3) is 0.400. The number of carbonyl (C=O) groups excluding carboxylic acids is 1. The number of aromatic nitrogens is 2. The molecule has 0 spiro atoms. The van der Waals surface area contributed by atoms with Gasteiger partial charge in [0.25, 0.3) is 11.5 Å². The predicted molar refractivity (Wildman–Crippen MR) is 58.7 cm³/mol. The molecule has 1 amide bonds.